The van der Waals surface area contributed by atoms with E-state index in [2.05, 4.69) is 10.3 Å². The number of carbonyl (C=O) groups excluding carboxylic acids is 3. The maximum absolute atomic E-state index is 12.8. The van der Waals surface area contributed by atoms with Gasteiger partial charge in [0.1, 0.15) is 6.04 Å². The summed E-state index contributed by atoms with van der Waals surface area (Å²) in [5.74, 6) is -0.144. The van der Waals surface area contributed by atoms with Crippen LogP contribution in [0, 0.1) is 0 Å². The van der Waals surface area contributed by atoms with Crippen molar-refractivity contribution >= 4 is 33.9 Å². The second-order valence-corrected chi connectivity index (χ2v) is 8.60. The number of hydrogen-bond acceptors (Lipinski definition) is 5. The van der Waals surface area contributed by atoms with E-state index in [-0.39, 0.29) is 17.5 Å². The molecule has 0 fully saturated rings. The molecule has 0 aliphatic carbocycles. The first-order valence-corrected chi connectivity index (χ1v) is 11.1. The minimum absolute atomic E-state index is 0.0234. The number of Topliss-reactive ketones (excluding diaryl/α,β-unsaturated/α-hetero) is 1. The molecule has 6 nitrogen and oxygen atoms in total. The second kappa shape index (κ2) is 8.36. The molecule has 1 aliphatic rings. The highest BCUT2D eigenvalue weighted by molar-refractivity contribution is 7.19. The number of ketones is 2. The number of hydrogen-bond donors (Lipinski definition) is 1. The van der Waals surface area contributed by atoms with Crippen molar-refractivity contribution in [3.63, 3.8) is 0 Å². The predicted molar refractivity (Wildman–Crippen MR) is 123 cm³/mol. The van der Waals surface area contributed by atoms with Gasteiger partial charge in [0.05, 0.1) is 10.6 Å². The topological polar surface area (TPSA) is 81.1 Å². The predicted octanol–water partition coefficient (Wildman–Crippen LogP) is 5.00. The number of rotatable bonds is 5. The molecule has 1 unspecified atom stereocenters. The monoisotopic (exact) mass is 441 g/mol. The van der Waals surface area contributed by atoms with E-state index in [4.69, 9.17) is 0 Å². The molecule has 0 saturated heterocycles. The van der Waals surface area contributed by atoms with Crippen molar-refractivity contribution in [3.05, 3.63) is 95.9 Å². The normalized spacial score (nSPS) is 15.2. The summed E-state index contributed by atoms with van der Waals surface area (Å²) in [7, 11) is 0. The number of nitrogens with zero attached hydrogens (tertiary/aromatic N) is 2. The average molecular weight is 442 g/mol. The lowest BCUT2D eigenvalue weighted by Gasteiger charge is -2.24. The van der Waals surface area contributed by atoms with Gasteiger partial charge in [-0.15, -0.1) is 0 Å². The van der Waals surface area contributed by atoms with Crippen LogP contribution in [0.1, 0.15) is 45.3 Å². The van der Waals surface area contributed by atoms with E-state index in [1.165, 1.54) is 11.3 Å². The molecule has 7 heteroatoms. The van der Waals surface area contributed by atoms with E-state index in [1.54, 1.807) is 53.4 Å². The summed E-state index contributed by atoms with van der Waals surface area (Å²) in [5, 5.41) is 3.38. The Labute approximate surface area is 188 Å². The van der Waals surface area contributed by atoms with Crippen LogP contribution in [0.5, 0.6) is 0 Å². The Hall–Kier alpha value is -3.84. The summed E-state index contributed by atoms with van der Waals surface area (Å²) >= 11 is 1.37. The van der Waals surface area contributed by atoms with Gasteiger partial charge >= 0.3 is 0 Å². The molecule has 158 valence electrons. The fraction of sp³-hybridized carbons (Fsp3) is 0.120. The molecule has 1 atom stereocenters. The molecule has 0 saturated carbocycles. The standard InChI is InChI=1S/C25H19N3O3S/c29-21-13-12-20(28-14-4-7-19(21)28)24(31)27-25-26-15-22(32-25)16-8-10-18(11-9-16)23(30)17-5-2-1-3-6-17/h1-11,14-15,20H,12-13H2,(H,26,27,31). The lowest BCUT2D eigenvalue weighted by molar-refractivity contribution is -0.119. The quantitative estimate of drug-likeness (QED) is 0.442. The Balaban J connectivity index is 1.29. The summed E-state index contributed by atoms with van der Waals surface area (Å²) < 4.78 is 1.73. The highest BCUT2D eigenvalue weighted by atomic mass is 32.1. The van der Waals surface area contributed by atoms with Gasteiger partial charge in [0.2, 0.25) is 5.91 Å². The summed E-state index contributed by atoms with van der Waals surface area (Å²) in [6.45, 7) is 0. The first kappa shape index (κ1) is 20.1. The Morgan fingerprint density at radius 2 is 1.72 bits per heavy atom. The van der Waals surface area contributed by atoms with Crippen LogP contribution in [-0.2, 0) is 4.79 Å². The van der Waals surface area contributed by atoms with Crippen LogP contribution >= 0.6 is 11.3 Å². The number of thiazole rings is 1. The van der Waals surface area contributed by atoms with Crippen molar-refractivity contribution in [1.29, 1.82) is 0 Å². The molecular formula is C25H19N3O3S. The number of nitrogens with one attached hydrogen (secondary N) is 1. The van der Waals surface area contributed by atoms with Gasteiger partial charge in [-0.05, 0) is 24.1 Å². The third-order valence-corrected chi connectivity index (χ3v) is 6.51. The van der Waals surface area contributed by atoms with Gasteiger partial charge in [-0.2, -0.15) is 0 Å². The first-order valence-electron chi connectivity index (χ1n) is 10.3. The van der Waals surface area contributed by atoms with Gasteiger partial charge in [0.15, 0.2) is 16.7 Å². The lowest BCUT2D eigenvalue weighted by atomic mass is 10.0. The molecule has 1 aliphatic heterocycles. The molecule has 2 aromatic heterocycles. The zero-order valence-corrected chi connectivity index (χ0v) is 17.8. The van der Waals surface area contributed by atoms with E-state index in [0.29, 0.717) is 34.8 Å². The molecule has 2 aromatic carbocycles. The van der Waals surface area contributed by atoms with Gasteiger partial charge in [-0.25, -0.2) is 4.98 Å². The smallest absolute Gasteiger partial charge is 0.249 e. The van der Waals surface area contributed by atoms with Crippen molar-refractivity contribution in [3.8, 4) is 10.4 Å². The molecule has 1 amide bonds. The Bertz CT molecular complexity index is 1310. The minimum atomic E-state index is -0.423. The van der Waals surface area contributed by atoms with E-state index < -0.39 is 6.04 Å². The average Bonchev–Trinajstić information content (AvgIpc) is 3.50. The molecule has 1 N–H and O–H groups in total. The molecule has 0 spiro atoms. The van der Waals surface area contributed by atoms with Crippen LogP contribution < -0.4 is 5.32 Å². The van der Waals surface area contributed by atoms with Crippen LogP contribution in [0.15, 0.2) is 79.1 Å². The Kier molecular flexibility index (Phi) is 5.25. The Morgan fingerprint density at radius 3 is 2.50 bits per heavy atom. The van der Waals surface area contributed by atoms with E-state index in [0.717, 1.165) is 10.4 Å². The minimum Gasteiger partial charge on any atom is -0.333 e. The van der Waals surface area contributed by atoms with E-state index in [1.807, 2.05) is 30.3 Å². The third-order valence-electron chi connectivity index (χ3n) is 5.55. The number of amides is 1. The first-order chi connectivity index (χ1) is 15.6. The molecule has 3 heterocycles. The maximum Gasteiger partial charge on any atom is 0.249 e. The van der Waals surface area contributed by atoms with Crippen molar-refractivity contribution < 1.29 is 14.4 Å². The van der Waals surface area contributed by atoms with Crippen LogP contribution in [0.4, 0.5) is 5.13 Å². The fourth-order valence-corrected chi connectivity index (χ4v) is 4.72. The number of benzene rings is 2. The summed E-state index contributed by atoms with van der Waals surface area (Å²) in [6.07, 6.45) is 4.31. The maximum atomic E-state index is 12.8. The summed E-state index contributed by atoms with van der Waals surface area (Å²) in [4.78, 5) is 42.6. The lowest BCUT2D eigenvalue weighted by Crippen LogP contribution is -2.31. The number of anilines is 1. The molecule has 32 heavy (non-hydrogen) atoms. The largest absolute Gasteiger partial charge is 0.333 e. The van der Waals surface area contributed by atoms with Gasteiger partial charge in [-0.1, -0.05) is 65.9 Å². The third kappa shape index (κ3) is 3.78. The van der Waals surface area contributed by atoms with Crippen molar-refractivity contribution in [2.45, 2.75) is 18.9 Å². The zero-order valence-electron chi connectivity index (χ0n) is 17.0. The molecule has 0 radical (unpaired) electrons. The number of carbonyl (C=O) groups is 3. The van der Waals surface area contributed by atoms with Gasteiger partial charge in [0.25, 0.3) is 0 Å². The van der Waals surface area contributed by atoms with Crippen LogP contribution in [0.3, 0.4) is 0 Å². The molecule has 5 rings (SSSR count). The summed E-state index contributed by atoms with van der Waals surface area (Å²) in [5.41, 5.74) is 2.76. The van der Waals surface area contributed by atoms with Gasteiger partial charge < -0.3 is 9.88 Å². The highest BCUT2D eigenvalue weighted by Gasteiger charge is 2.30. The van der Waals surface area contributed by atoms with Crippen molar-refractivity contribution in [1.82, 2.24) is 9.55 Å². The number of aromatic nitrogens is 2. The second-order valence-electron chi connectivity index (χ2n) is 7.57. The fourth-order valence-electron chi connectivity index (χ4n) is 3.89. The van der Waals surface area contributed by atoms with Gasteiger partial charge in [-0.3, -0.25) is 14.4 Å². The SMILES string of the molecule is O=C(c1ccccc1)c1ccc(-c2cnc(NC(=O)C3CCC(=O)c4cccn43)s2)cc1. The molecule has 4 aromatic rings. The van der Waals surface area contributed by atoms with Crippen molar-refractivity contribution in [2.24, 2.45) is 0 Å². The van der Waals surface area contributed by atoms with E-state index in [9.17, 15) is 14.4 Å². The number of fused-ring (bicyclic) bond motifs is 1. The van der Waals surface area contributed by atoms with Crippen LogP contribution in [-0.4, -0.2) is 27.0 Å². The molecular weight excluding hydrogens is 422 g/mol. The molecule has 0 bridgehead atoms. The van der Waals surface area contributed by atoms with Crippen LogP contribution in [0.25, 0.3) is 10.4 Å². The van der Waals surface area contributed by atoms with Gasteiger partial charge in [0, 0.05) is 29.9 Å². The Morgan fingerprint density at radius 1 is 0.969 bits per heavy atom. The highest BCUT2D eigenvalue weighted by Crippen LogP contribution is 2.31. The zero-order chi connectivity index (χ0) is 22.1. The summed E-state index contributed by atoms with van der Waals surface area (Å²) in [6, 6.07) is 19.6. The van der Waals surface area contributed by atoms with Crippen LogP contribution in [0.2, 0.25) is 0 Å². The van der Waals surface area contributed by atoms with Crippen molar-refractivity contribution in [2.75, 3.05) is 5.32 Å². The van der Waals surface area contributed by atoms with E-state index >= 15 is 0 Å².